The maximum atomic E-state index is 12.0. The third-order valence-electron chi connectivity index (χ3n) is 3.48. The molecule has 0 radical (unpaired) electrons. The fraction of sp³-hybridized carbons (Fsp3) is 0.529. The van der Waals surface area contributed by atoms with Crippen LogP contribution in [0.4, 0.5) is 9.59 Å². The number of hydrogen-bond acceptors (Lipinski definition) is 4. The van der Waals surface area contributed by atoms with Crippen molar-refractivity contribution < 1.29 is 19.1 Å². The molecule has 1 unspecified atom stereocenters. The van der Waals surface area contributed by atoms with Gasteiger partial charge in [-0.3, -0.25) is 0 Å². The van der Waals surface area contributed by atoms with Crippen molar-refractivity contribution in [2.24, 2.45) is 0 Å². The fourth-order valence-electron chi connectivity index (χ4n) is 2.50. The van der Waals surface area contributed by atoms with E-state index in [9.17, 15) is 9.59 Å². The largest absolute Gasteiger partial charge is 0.444 e. The number of ether oxygens (including phenoxy) is 2. The Labute approximate surface area is 136 Å². The van der Waals surface area contributed by atoms with E-state index in [1.807, 2.05) is 32.9 Å². The molecular formula is C17H24N2O4. The van der Waals surface area contributed by atoms with Gasteiger partial charge < -0.3 is 19.7 Å². The number of hydrogen-bond donors (Lipinski definition) is 1. The molecular weight excluding hydrogens is 296 g/mol. The van der Waals surface area contributed by atoms with Crippen molar-refractivity contribution >= 4 is 12.2 Å². The van der Waals surface area contributed by atoms with Crippen LogP contribution in [0.15, 0.2) is 18.2 Å². The average molecular weight is 320 g/mol. The van der Waals surface area contributed by atoms with E-state index < -0.39 is 17.8 Å². The second-order valence-corrected chi connectivity index (χ2v) is 6.82. The summed E-state index contributed by atoms with van der Waals surface area (Å²) in [6, 6.07) is 5.41. The molecule has 1 aromatic rings. The highest BCUT2D eigenvalue weighted by Crippen LogP contribution is 2.37. The summed E-state index contributed by atoms with van der Waals surface area (Å²) < 4.78 is 10.7. The number of benzene rings is 1. The molecule has 23 heavy (non-hydrogen) atoms. The van der Waals surface area contributed by atoms with Crippen LogP contribution in [-0.2, 0) is 11.2 Å². The smallest absolute Gasteiger partial charge is 0.414 e. The SMILES string of the molecule is CN(C)C(=O)Oc1cccc2c1CCC2NC(=O)OC(C)(C)C. The van der Waals surface area contributed by atoms with Crippen LogP contribution in [0, 0.1) is 0 Å². The third-order valence-corrected chi connectivity index (χ3v) is 3.48. The average Bonchev–Trinajstić information content (AvgIpc) is 2.80. The minimum atomic E-state index is -0.533. The van der Waals surface area contributed by atoms with E-state index in [1.54, 1.807) is 20.2 Å². The lowest BCUT2D eigenvalue weighted by Crippen LogP contribution is -2.34. The highest BCUT2D eigenvalue weighted by atomic mass is 16.6. The first-order chi connectivity index (χ1) is 10.7. The zero-order valence-electron chi connectivity index (χ0n) is 14.3. The Bertz CT molecular complexity index is 605. The molecule has 0 aliphatic heterocycles. The number of fused-ring (bicyclic) bond motifs is 1. The summed E-state index contributed by atoms with van der Waals surface area (Å²) in [4.78, 5) is 25.1. The van der Waals surface area contributed by atoms with Crippen LogP contribution in [0.3, 0.4) is 0 Å². The zero-order valence-corrected chi connectivity index (χ0v) is 14.3. The van der Waals surface area contributed by atoms with Gasteiger partial charge in [0.05, 0.1) is 6.04 Å². The molecule has 1 aliphatic rings. The summed E-state index contributed by atoms with van der Waals surface area (Å²) in [6.07, 6.45) is 0.644. The van der Waals surface area contributed by atoms with Gasteiger partial charge in [0, 0.05) is 19.7 Å². The molecule has 6 nitrogen and oxygen atoms in total. The van der Waals surface area contributed by atoms with Crippen LogP contribution in [0.25, 0.3) is 0 Å². The van der Waals surface area contributed by atoms with Crippen LogP contribution >= 0.6 is 0 Å². The van der Waals surface area contributed by atoms with Gasteiger partial charge in [-0.15, -0.1) is 0 Å². The lowest BCUT2D eigenvalue weighted by Gasteiger charge is -2.22. The van der Waals surface area contributed by atoms with Gasteiger partial charge in [-0.1, -0.05) is 12.1 Å². The van der Waals surface area contributed by atoms with Crippen molar-refractivity contribution in [2.75, 3.05) is 14.1 Å². The monoisotopic (exact) mass is 320 g/mol. The van der Waals surface area contributed by atoms with E-state index in [1.165, 1.54) is 4.90 Å². The van der Waals surface area contributed by atoms with E-state index in [0.29, 0.717) is 5.75 Å². The highest BCUT2D eigenvalue weighted by Gasteiger charge is 2.29. The maximum absolute atomic E-state index is 12.0. The van der Waals surface area contributed by atoms with Crippen molar-refractivity contribution in [3.8, 4) is 5.75 Å². The molecule has 6 heteroatoms. The van der Waals surface area contributed by atoms with Gasteiger partial charge in [-0.2, -0.15) is 0 Å². The number of nitrogens with zero attached hydrogens (tertiary/aromatic N) is 1. The standard InChI is InChI=1S/C17H24N2O4/c1-17(2,3)23-15(20)18-13-10-9-12-11(13)7-6-8-14(12)22-16(21)19(4)5/h6-8,13H,9-10H2,1-5H3,(H,18,20). The van der Waals surface area contributed by atoms with Crippen molar-refractivity contribution in [1.29, 1.82) is 0 Å². The second kappa shape index (κ2) is 6.48. The molecule has 126 valence electrons. The lowest BCUT2D eigenvalue weighted by molar-refractivity contribution is 0.0503. The summed E-state index contributed by atoms with van der Waals surface area (Å²) in [5.41, 5.74) is 1.40. The molecule has 2 rings (SSSR count). The van der Waals surface area contributed by atoms with E-state index in [2.05, 4.69) is 5.32 Å². The topological polar surface area (TPSA) is 67.9 Å². The number of carbonyl (C=O) groups excluding carboxylic acids is 2. The molecule has 0 saturated heterocycles. The second-order valence-electron chi connectivity index (χ2n) is 6.82. The van der Waals surface area contributed by atoms with Gasteiger partial charge >= 0.3 is 12.2 Å². The zero-order chi connectivity index (χ0) is 17.2. The van der Waals surface area contributed by atoms with Gasteiger partial charge in [-0.25, -0.2) is 9.59 Å². The van der Waals surface area contributed by atoms with Crippen LogP contribution in [0.5, 0.6) is 5.75 Å². The Morgan fingerprint density at radius 2 is 1.96 bits per heavy atom. The van der Waals surface area contributed by atoms with E-state index in [4.69, 9.17) is 9.47 Å². The van der Waals surface area contributed by atoms with Gasteiger partial charge in [-0.05, 0) is 45.2 Å². The molecule has 1 aliphatic carbocycles. The molecule has 0 heterocycles. The van der Waals surface area contributed by atoms with Gasteiger partial charge in [0.15, 0.2) is 0 Å². The molecule has 1 N–H and O–H groups in total. The Hall–Kier alpha value is -2.24. The Kier molecular flexibility index (Phi) is 4.82. The predicted octanol–water partition coefficient (Wildman–Crippen LogP) is 3.26. The van der Waals surface area contributed by atoms with E-state index >= 15 is 0 Å². The van der Waals surface area contributed by atoms with E-state index in [-0.39, 0.29) is 6.04 Å². The molecule has 0 fully saturated rings. The van der Waals surface area contributed by atoms with Gasteiger partial charge in [0.2, 0.25) is 0 Å². The molecule has 0 bridgehead atoms. The van der Waals surface area contributed by atoms with Crippen molar-refractivity contribution in [1.82, 2.24) is 10.2 Å². The number of nitrogens with one attached hydrogen (secondary N) is 1. The van der Waals surface area contributed by atoms with E-state index in [0.717, 1.165) is 24.0 Å². The Morgan fingerprint density at radius 1 is 1.26 bits per heavy atom. The summed E-state index contributed by atoms with van der Waals surface area (Å²) >= 11 is 0. The van der Waals surface area contributed by atoms with Crippen LogP contribution < -0.4 is 10.1 Å². The first-order valence-corrected chi connectivity index (χ1v) is 7.68. The lowest BCUT2D eigenvalue weighted by atomic mass is 10.1. The molecule has 0 spiro atoms. The Balaban J connectivity index is 2.12. The third kappa shape index (κ3) is 4.37. The molecule has 0 saturated carbocycles. The van der Waals surface area contributed by atoms with Crippen LogP contribution in [0.1, 0.15) is 44.4 Å². The number of amides is 2. The summed E-state index contributed by atoms with van der Waals surface area (Å²) in [5, 5.41) is 2.88. The Morgan fingerprint density at radius 3 is 2.57 bits per heavy atom. The maximum Gasteiger partial charge on any atom is 0.414 e. The summed E-state index contributed by atoms with van der Waals surface area (Å²) in [6.45, 7) is 5.48. The minimum Gasteiger partial charge on any atom is -0.444 e. The van der Waals surface area contributed by atoms with Gasteiger partial charge in [0.25, 0.3) is 0 Å². The molecule has 1 aromatic carbocycles. The summed E-state index contributed by atoms with van der Waals surface area (Å²) in [5.74, 6) is 0.551. The highest BCUT2D eigenvalue weighted by molar-refractivity contribution is 5.71. The summed E-state index contributed by atoms with van der Waals surface area (Å²) in [7, 11) is 3.27. The minimum absolute atomic E-state index is 0.127. The van der Waals surface area contributed by atoms with Crippen molar-refractivity contribution in [2.45, 2.75) is 45.3 Å². The first kappa shape index (κ1) is 17.1. The quantitative estimate of drug-likeness (QED) is 0.908. The van der Waals surface area contributed by atoms with Crippen LogP contribution in [-0.4, -0.2) is 36.8 Å². The number of rotatable bonds is 2. The number of alkyl carbamates (subject to hydrolysis) is 1. The number of carbonyl (C=O) groups is 2. The van der Waals surface area contributed by atoms with Crippen molar-refractivity contribution in [3.63, 3.8) is 0 Å². The first-order valence-electron chi connectivity index (χ1n) is 7.68. The van der Waals surface area contributed by atoms with Gasteiger partial charge in [0.1, 0.15) is 11.4 Å². The predicted molar refractivity (Wildman–Crippen MR) is 86.6 cm³/mol. The normalized spacial score (nSPS) is 16.5. The fourth-order valence-corrected chi connectivity index (χ4v) is 2.50. The molecule has 2 amide bonds. The van der Waals surface area contributed by atoms with Crippen molar-refractivity contribution in [3.05, 3.63) is 29.3 Å². The van der Waals surface area contributed by atoms with Crippen LogP contribution in [0.2, 0.25) is 0 Å². The molecule has 1 atom stereocenters. The molecule has 0 aromatic heterocycles.